The van der Waals surface area contributed by atoms with Crippen molar-refractivity contribution in [2.24, 2.45) is 0 Å². The van der Waals surface area contributed by atoms with E-state index in [2.05, 4.69) is 11.8 Å². The SMILES string of the molecule is CC1CN(c2cccc(F)c2C(C)O)CCS1. The summed E-state index contributed by atoms with van der Waals surface area (Å²) < 4.78 is 13.8. The van der Waals surface area contributed by atoms with Gasteiger partial charge in [-0.3, -0.25) is 0 Å². The number of aliphatic hydroxyl groups excluding tert-OH is 1. The van der Waals surface area contributed by atoms with Gasteiger partial charge in [0.05, 0.1) is 6.10 Å². The zero-order valence-electron chi connectivity index (χ0n) is 10.2. The third-order valence-corrected chi connectivity index (χ3v) is 4.17. The highest BCUT2D eigenvalue weighted by atomic mass is 32.2. The zero-order chi connectivity index (χ0) is 12.4. The van der Waals surface area contributed by atoms with E-state index in [-0.39, 0.29) is 5.82 Å². The van der Waals surface area contributed by atoms with Gasteiger partial charge in [0.15, 0.2) is 0 Å². The summed E-state index contributed by atoms with van der Waals surface area (Å²) >= 11 is 1.94. The monoisotopic (exact) mass is 255 g/mol. The molecular formula is C13H18FNOS. The van der Waals surface area contributed by atoms with Crippen molar-refractivity contribution in [1.29, 1.82) is 0 Å². The maximum absolute atomic E-state index is 13.8. The van der Waals surface area contributed by atoms with Crippen molar-refractivity contribution in [1.82, 2.24) is 0 Å². The fourth-order valence-corrected chi connectivity index (χ4v) is 3.27. The molecule has 0 saturated carbocycles. The highest BCUT2D eigenvalue weighted by Crippen LogP contribution is 2.31. The van der Waals surface area contributed by atoms with Gasteiger partial charge in [0, 0.05) is 35.3 Å². The fourth-order valence-electron chi connectivity index (χ4n) is 2.25. The van der Waals surface area contributed by atoms with Crippen LogP contribution < -0.4 is 4.90 Å². The second-order valence-electron chi connectivity index (χ2n) is 4.48. The predicted molar refractivity (Wildman–Crippen MR) is 71.2 cm³/mol. The Kier molecular flexibility index (Phi) is 3.94. The third kappa shape index (κ3) is 2.75. The zero-order valence-corrected chi connectivity index (χ0v) is 11.0. The summed E-state index contributed by atoms with van der Waals surface area (Å²) in [4.78, 5) is 2.17. The second-order valence-corrected chi connectivity index (χ2v) is 6.02. The molecular weight excluding hydrogens is 237 g/mol. The molecule has 1 aliphatic heterocycles. The van der Waals surface area contributed by atoms with Crippen molar-refractivity contribution >= 4 is 17.4 Å². The number of hydrogen-bond donors (Lipinski definition) is 1. The van der Waals surface area contributed by atoms with E-state index in [4.69, 9.17) is 0 Å². The Morgan fingerprint density at radius 3 is 2.94 bits per heavy atom. The van der Waals surface area contributed by atoms with Crippen LogP contribution >= 0.6 is 11.8 Å². The molecule has 2 atom stereocenters. The molecule has 17 heavy (non-hydrogen) atoms. The second kappa shape index (κ2) is 5.27. The molecule has 1 heterocycles. The molecule has 2 rings (SSSR count). The van der Waals surface area contributed by atoms with Crippen LogP contribution in [0, 0.1) is 5.82 Å². The van der Waals surface area contributed by atoms with E-state index in [1.807, 2.05) is 17.8 Å². The topological polar surface area (TPSA) is 23.5 Å². The average Bonchev–Trinajstić information content (AvgIpc) is 2.28. The quantitative estimate of drug-likeness (QED) is 0.879. The van der Waals surface area contributed by atoms with Crippen molar-refractivity contribution < 1.29 is 9.50 Å². The molecule has 2 unspecified atom stereocenters. The molecule has 94 valence electrons. The van der Waals surface area contributed by atoms with Crippen molar-refractivity contribution in [3.8, 4) is 0 Å². The molecule has 1 aliphatic rings. The van der Waals surface area contributed by atoms with Crippen LogP contribution in [0.3, 0.4) is 0 Å². The predicted octanol–water partition coefficient (Wildman–Crippen LogP) is 2.82. The van der Waals surface area contributed by atoms with Crippen molar-refractivity contribution in [3.63, 3.8) is 0 Å². The molecule has 1 aromatic rings. The van der Waals surface area contributed by atoms with E-state index in [0.29, 0.717) is 10.8 Å². The molecule has 0 amide bonds. The van der Waals surface area contributed by atoms with Crippen molar-refractivity contribution in [3.05, 3.63) is 29.6 Å². The molecule has 0 bridgehead atoms. The average molecular weight is 255 g/mol. The van der Waals surface area contributed by atoms with Gasteiger partial charge in [-0.25, -0.2) is 4.39 Å². The Morgan fingerprint density at radius 1 is 1.53 bits per heavy atom. The summed E-state index contributed by atoms with van der Waals surface area (Å²) in [7, 11) is 0. The maximum Gasteiger partial charge on any atom is 0.131 e. The standard InChI is InChI=1S/C13H18FNOS/c1-9-8-15(6-7-17-9)12-5-3-4-11(14)13(12)10(2)16/h3-5,9-10,16H,6-8H2,1-2H3. The highest BCUT2D eigenvalue weighted by molar-refractivity contribution is 8.00. The molecule has 1 aromatic carbocycles. The van der Waals surface area contributed by atoms with Gasteiger partial charge in [0.25, 0.3) is 0 Å². The molecule has 0 aliphatic carbocycles. The fraction of sp³-hybridized carbons (Fsp3) is 0.538. The van der Waals surface area contributed by atoms with Gasteiger partial charge in [-0.1, -0.05) is 13.0 Å². The first-order valence-electron chi connectivity index (χ1n) is 5.92. The van der Waals surface area contributed by atoms with Crippen molar-refractivity contribution in [2.75, 3.05) is 23.7 Å². The minimum Gasteiger partial charge on any atom is -0.389 e. The van der Waals surface area contributed by atoms with E-state index in [0.717, 1.165) is 24.5 Å². The molecule has 1 N–H and O–H groups in total. The number of nitrogens with zero attached hydrogens (tertiary/aromatic N) is 1. The van der Waals surface area contributed by atoms with Gasteiger partial charge in [-0.05, 0) is 19.1 Å². The van der Waals surface area contributed by atoms with Gasteiger partial charge in [-0.2, -0.15) is 11.8 Å². The minimum absolute atomic E-state index is 0.316. The number of benzene rings is 1. The van der Waals surface area contributed by atoms with E-state index in [1.54, 1.807) is 13.0 Å². The molecule has 1 saturated heterocycles. The van der Waals surface area contributed by atoms with E-state index in [1.165, 1.54) is 6.07 Å². The Bertz CT molecular complexity index is 397. The van der Waals surface area contributed by atoms with Crippen LogP contribution in [0.15, 0.2) is 18.2 Å². The summed E-state index contributed by atoms with van der Waals surface area (Å²) in [5.74, 6) is 0.736. The highest BCUT2D eigenvalue weighted by Gasteiger charge is 2.22. The van der Waals surface area contributed by atoms with E-state index in [9.17, 15) is 9.50 Å². The third-order valence-electron chi connectivity index (χ3n) is 3.03. The lowest BCUT2D eigenvalue weighted by molar-refractivity contribution is 0.194. The first-order chi connectivity index (χ1) is 8.09. The van der Waals surface area contributed by atoms with Crippen molar-refractivity contribution in [2.45, 2.75) is 25.2 Å². The maximum atomic E-state index is 13.8. The number of aliphatic hydroxyl groups is 1. The minimum atomic E-state index is -0.768. The molecule has 0 aromatic heterocycles. The summed E-state index contributed by atoms with van der Waals surface area (Å²) in [5, 5.41) is 10.3. The van der Waals surface area contributed by atoms with Gasteiger partial charge in [-0.15, -0.1) is 0 Å². The molecule has 4 heteroatoms. The lowest BCUT2D eigenvalue weighted by Crippen LogP contribution is -2.37. The molecule has 2 nitrogen and oxygen atoms in total. The van der Waals surface area contributed by atoms with Gasteiger partial charge < -0.3 is 10.0 Å². The summed E-state index contributed by atoms with van der Waals surface area (Å²) in [6.45, 7) is 5.62. The Morgan fingerprint density at radius 2 is 2.29 bits per heavy atom. The number of thioether (sulfide) groups is 1. The van der Waals surface area contributed by atoms with Gasteiger partial charge in [0.2, 0.25) is 0 Å². The van der Waals surface area contributed by atoms with Crippen LogP contribution in [0.4, 0.5) is 10.1 Å². The number of anilines is 1. The lowest BCUT2D eigenvalue weighted by atomic mass is 10.1. The first-order valence-corrected chi connectivity index (χ1v) is 6.97. The Balaban J connectivity index is 2.34. The van der Waals surface area contributed by atoms with E-state index >= 15 is 0 Å². The summed E-state index contributed by atoms with van der Waals surface area (Å²) in [5.41, 5.74) is 1.26. The summed E-state index contributed by atoms with van der Waals surface area (Å²) in [6.07, 6.45) is -0.768. The number of halogens is 1. The van der Waals surface area contributed by atoms with Crippen LogP contribution in [0.2, 0.25) is 0 Å². The Labute approximate surface area is 106 Å². The van der Waals surface area contributed by atoms with Crippen LogP contribution in [-0.4, -0.2) is 29.2 Å². The summed E-state index contributed by atoms with van der Waals surface area (Å²) in [6, 6.07) is 5.02. The first kappa shape index (κ1) is 12.7. The van der Waals surface area contributed by atoms with E-state index < -0.39 is 6.10 Å². The molecule has 0 radical (unpaired) electrons. The Hall–Kier alpha value is -0.740. The smallest absolute Gasteiger partial charge is 0.131 e. The van der Waals surface area contributed by atoms with Crippen LogP contribution in [0.25, 0.3) is 0 Å². The van der Waals surface area contributed by atoms with Crippen LogP contribution in [-0.2, 0) is 0 Å². The number of rotatable bonds is 2. The van der Waals surface area contributed by atoms with Crippen LogP contribution in [0.1, 0.15) is 25.5 Å². The normalized spacial score (nSPS) is 22.6. The van der Waals surface area contributed by atoms with Gasteiger partial charge >= 0.3 is 0 Å². The molecule has 1 fully saturated rings. The number of hydrogen-bond acceptors (Lipinski definition) is 3. The molecule has 0 spiro atoms. The largest absolute Gasteiger partial charge is 0.389 e. The van der Waals surface area contributed by atoms with Crippen LogP contribution in [0.5, 0.6) is 0 Å². The van der Waals surface area contributed by atoms with Gasteiger partial charge in [0.1, 0.15) is 5.82 Å². The lowest BCUT2D eigenvalue weighted by Gasteiger charge is -2.34.